The average molecular weight is 401 g/mol. The SMILES string of the molecule is CCC(=O)N1CCc2cc(C(=O)NC(C(=O)NC)c3ccc(F)c(F)c3)ccc21. The first-order valence-electron chi connectivity index (χ1n) is 9.26. The molecule has 1 aliphatic heterocycles. The zero-order chi connectivity index (χ0) is 21.1. The van der Waals surface area contributed by atoms with E-state index in [4.69, 9.17) is 0 Å². The molecule has 0 spiro atoms. The van der Waals surface area contributed by atoms with Crippen molar-refractivity contribution < 1.29 is 23.2 Å². The van der Waals surface area contributed by atoms with Crippen LogP contribution < -0.4 is 15.5 Å². The molecule has 0 saturated heterocycles. The van der Waals surface area contributed by atoms with E-state index >= 15 is 0 Å². The maximum Gasteiger partial charge on any atom is 0.252 e. The first kappa shape index (κ1) is 20.4. The highest BCUT2D eigenvalue weighted by Gasteiger charge is 2.27. The molecule has 29 heavy (non-hydrogen) atoms. The summed E-state index contributed by atoms with van der Waals surface area (Å²) in [7, 11) is 1.39. The third kappa shape index (κ3) is 4.11. The van der Waals surface area contributed by atoms with Gasteiger partial charge in [0.25, 0.3) is 5.91 Å². The van der Waals surface area contributed by atoms with Crippen LogP contribution in [0.2, 0.25) is 0 Å². The van der Waals surface area contributed by atoms with E-state index in [0.717, 1.165) is 23.4 Å². The molecule has 6 nitrogen and oxygen atoms in total. The van der Waals surface area contributed by atoms with Crippen LogP contribution in [0.5, 0.6) is 0 Å². The molecule has 3 rings (SSSR count). The van der Waals surface area contributed by atoms with Gasteiger partial charge in [-0.1, -0.05) is 13.0 Å². The normalized spacial score (nSPS) is 13.6. The second-order valence-corrected chi connectivity index (χ2v) is 6.69. The lowest BCUT2D eigenvalue weighted by Gasteiger charge is -2.19. The van der Waals surface area contributed by atoms with Crippen molar-refractivity contribution in [2.24, 2.45) is 0 Å². The van der Waals surface area contributed by atoms with Crippen molar-refractivity contribution in [1.29, 1.82) is 0 Å². The van der Waals surface area contributed by atoms with Gasteiger partial charge in [-0.15, -0.1) is 0 Å². The van der Waals surface area contributed by atoms with Gasteiger partial charge in [0.2, 0.25) is 11.8 Å². The molecule has 8 heteroatoms. The molecule has 1 heterocycles. The highest BCUT2D eigenvalue weighted by Crippen LogP contribution is 2.29. The van der Waals surface area contributed by atoms with Gasteiger partial charge in [-0.2, -0.15) is 0 Å². The Bertz CT molecular complexity index is 978. The second-order valence-electron chi connectivity index (χ2n) is 6.69. The summed E-state index contributed by atoms with van der Waals surface area (Å²) in [5.74, 6) is -3.24. The van der Waals surface area contributed by atoms with Crippen LogP contribution in [0.3, 0.4) is 0 Å². The number of halogens is 2. The molecule has 0 aromatic heterocycles. The Hall–Kier alpha value is -3.29. The summed E-state index contributed by atoms with van der Waals surface area (Å²) in [6, 6.07) is 6.80. The molecule has 3 amide bonds. The zero-order valence-corrected chi connectivity index (χ0v) is 16.1. The summed E-state index contributed by atoms with van der Waals surface area (Å²) in [6.45, 7) is 2.35. The van der Waals surface area contributed by atoms with Crippen LogP contribution in [0.1, 0.15) is 40.9 Å². The third-order valence-electron chi connectivity index (χ3n) is 4.90. The summed E-state index contributed by atoms with van der Waals surface area (Å²) < 4.78 is 26.8. The number of benzene rings is 2. The predicted molar refractivity (Wildman–Crippen MR) is 103 cm³/mol. The molecule has 2 aromatic rings. The van der Waals surface area contributed by atoms with Gasteiger partial charge >= 0.3 is 0 Å². The van der Waals surface area contributed by atoms with Crippen molar-refractivity contribution in [3.63, 3.8) is 0 Å². The van der Waals surface area contributed by atoms with Crippen molar-refractivity contribution in [3.8, 4) is 0 Å². The summed E-state index contributed by atoms with van der Waals surface area (Å²) in [4.78, 5) is 38.6. The molecule has 1 aliphatic rings. The minimum absolute atomic E-state index is 0.0129. The molecule has 0 aliphatic carbocycles. The Morgan fingerprint density at radius 2 is 1.86 bits per heavy atom. The van der Waals surface area contributed by atoms with Crippen LogP contribution in [-0.4, -0.2) is 31.3 Å². The molecule has 0 fully saturated rings. The Morgan fingerprint density at radius 1 is 1.10 bits per heavy atom. The van der Waals surface area contributed by atoms with E-state index in [1.807, 2.05) is 0 Å². The quantitative estimate of drug-likeness (QED) is 0.808. The summed E-state index contributed by atoms with van der Waals surface area (Å²) in [6.07, 6.45) is 1.02. The lowest BCUT2D eigenvalue weighted by Crippen LogP contribution is -2.39. The highest BCUT2D eigenvalue weighted by atomic mass is 19.2. The van der Waals surface area contributed by atoms with E-state index in [1.165, 1.54) is 13.1 Å². The fourth-order valence-electron chi connectivity index (χ4n) is 3.34. The monoisotopic (exact) mass is 401 g/mol. The minimum Gasteiger partial charge on any atom is -0.357 e. The number of rotatable bonds is 5. The highest BCUT2D eigenvalue weighted by molar-refractivity contribution is 6.00. The van der Waals surface area contributed by atoms with Gasteiger partial charge in [-0.05, 0) is 47.9 Å². The molecule has 2 N–H and O–H groups in total. The molecular weight excluding hydrogens is 380 g/mol. The molecule has 1 unspecified atom stereocenters. The second kappa shape index (κ2) is 8.38. The van der Waals surface area contributed by atoms with Gasteiger partial charge in [0, 0.05) is 31.3 Å². The average Bonchev–Trinajstić information content (AvgIpc) is 3.16. The van der Waals surface area contributed by atoms with Crippen molar-refractivity contribution in [2.45, 2.75) is 25.8 Å². The van der Waals surface area contributed by atoms with Gasteiger partial charge in [0.1, 0.15) is 6.04 Å². The summed E-state index contributed by atoms with van der Waals surface area (Å²) in [5, 5.41) is 4.97. The summed E-state index contributed by atoms with van der Waals surface area (Å²) >= 11 is 0. The number of anilines is 1. The maximum absolute atomic E-state index is 13.6. The number of carbonyl (C=O) groups is 3. The van der Waals surface area contributed by atoms with Crippen molar-refractivity contribution in [3.05, 3.63) is 64.7 Å². The van der Waals surface area contributed by atoms with Crippen LogP contribution in [0.15, 0.2) is 36.4 Å². The number of likely N-dealkylation sites (N-methyl/N-ethyl adjacent to an activating group) is 1. The Balaban J connectivity index is 1.84. The van der Waals surface area contributed by atoms with E-state index in [-0.39, 0.29) is 11.5 Å². The van der Waals surface area contributed by atoms with E-state index < -0.39 is 29.5 Å². The number of nitrogens with zero attached hydrogens (tertiary/aromatic N) is 1. The molecule has 2 aromatic carbocycles. The lowest BCUT2D eigenvalue weighted by molar-refractivity contribution is -0.122. The number of carbonyl (C=O) groups excluding carboxylic acids is 3. The molecule has 0 bridgehead atoms. The minimum atomic E-state index is -1.19. The van der Waals surface area contributed by atoms with Crippen LogP contribution in [0.4, 0.5) is 14.5 Å². The van der Waals surface area contributed by atoms with E-state index in [1.54, 1.807) is 30.0 Å². The van der Waals surface area contributed by atoms with Crippen molar-refractivity contribution in [1.82, 2.24) is 10.6 Å². The van der Waals surface area contributed by atoms with E-state index in [0.29, 0.717) is 24.9 Å². The zero-order valence-electron chi connectivity index (χ0n) is 16.1. The topological polar surface area (TPSA) is 78.5 Å². The Kier molecular flexibility index (Phi) is 5.91. The fraction of sp³-hybridized carbons (Fsp3) is 0.286. The molecule has 0 saturated carbocycles. The van der Waals surface area contributed by atoms with Crippen LogP contribution in [-0.2, 0) is 16.0 Å². The number of hydrogen-bond donors (Lipinski definition) is 2. The summed E-state index contributed by atoms with van der Waals surface area (Å²) in [5.41, 5.74) is 2.07. The Morgan fingerprint density at radius 3 is 2.52 bits per heavy atom. The Labute approximate surface area is 166 Å². The van der Waals surface area contributed by atoms with Gasteiger partial charge in [0.15, 0.2) is 11.6 Å². The molecular formula is C21H21F2N3O3. The molecule has 0 radical (unpaired) electrons. The number of nitrogens with one attached hydrogen (secondary N) is 2. The predicted octanol–water partition coefficient (Wildman–Crippen LogP) is 2.48. The van der Waals surface area contributed by atoms with Crippen LogP contribution >= 0.6 is 0 Å². The largest absolute Gasteiger partial charge is 0.357 e. The van der Waals surface area contributed by atoms with Crippen LogP contribution in [0.25, 0.3) is 0 Å². The van der Waals surface area contributed by atoms with Crippen LogP contribution in [0, 0.1) is 11.6 Å². The van der Waals surface area contributed by atoms with E-state index in [9.17, 15) is 23.2 Å². The number of fused-ring (bicyclic) bond motifs is 1. The standard InChI is InChI=1S/C21H21F2N3O3/c1-3-18(27)26-9-8-12-10-14(5-7-17(12)26)20(28)25-19(21(29)24-2)13-4-6-15(22)16(23)11-13/h4-7,10-11,19H,3,8-9H2,1-2H3,(H,24,29)(H,25,28). The van der Waals surface area contributed by atoms with Gasteiger partial charge in [-0.3, -0.25) is 14.4 Å². The van der Waals surface area contributed by atoms with Crippen molar-refractivity contribution >= 4 is 23.4 Å². The van der Waals surface area contributed by atoms with Crippen molar-refractivity contribution in [2.75, 3.05) is 18.5 Å². The van der Waals surface area contributed by atoms with Gasteiger partial charge in [0.05, 0.1) is 0 Å². The van der Waals surface area contributed by atoms with Gasteiger partial charge in [-0.25, -0.2) is 8.78 Å². The maximum atomic E-state index is 13.6. The third-order valence-corrected chi connectivity index (χ3v) is 4.90. The smallest absolute Gasteiger partial charge is 0.252 e. The first-order valence-corrected chi connectivity index (χ1v) is 9.26. The van der Waals surface area contributed by atoms with E-state index in [2.05, 4.69) is 10.6 Å². The lowest BCUT2D eigenvalue weighted by atomic mass is 10.0. The molecule has 152 valence electrons. The molecule has 1 atom stereocenters. The first-order chi connectivity index (χ1) is 13.8. The van der Waals surface area contributed by atoms with Gasteiger partial charge < -0.3 is 15.5 Å². The fourth-order valence-corrected chi connectivity index (χ4v) is 3.34. The number of hydrogen-bond acceptors (Lipinski definition) is 3. The number of amides is 3.